The molecule has 1 heterocycles. The molecule has 1 amide bonds. The summed E-state index contributed by atoms with van der Waals surface area (Å²) in [5.41, 5.74) is 4.18. The van der Waals surface area contributed by atoms with Gasteiger partial charge in [0.25, 0.3) is 5.91 Å². The van der Waals surface area contributed by atoms with Crippen LogP contribution < -0.4 is 10.1 Å². The molecule has 30 heavy (non-hydrogen) atoms. The molecule has 2 aromatic carbocycles. The Morgan fingerprint density at radius 1 is 0.967 bits per heavy atom. The Hall–Kier alpha value is -3.47. The summed E-state index contributed by atoms with van der Waals surface area (Å²) in [7, 11) is 0. The van der Waals surface area contributed by atoms with Crippen molar-refractivity contribution in [1.29, 1.82) is 0 Å². The number of nitrogens with one attached hydrogen (secondary N) is 1. The lowest BCUT2D eigenvalue weighted by Gasteiger charge is -2.19. The lowest BCUT2D eigenvalue weighted by atomic mass is 9.87. The monoisotopic (exact) mass is 400 g/mol. The number of nitrogens with zero attached hydrogens (tertiary/aromatic N) is 1. The summed E-state index contributed by atoms with van der Waals surface area (Å²) in [5, 5.41) is 2.91. The van der Waals surface area contributed by atoms with Crippen LogP contribution in [0.4, 0.5) is 5.69 Å². The first-order valence-electron chi connectivity index (χ1n) is 9.98. The number of ketones is 1. The van der Waals surface area contributed by atoms with Gasteiger partial charge in [-0.3, -0.25) is 14.6 Å². The van der Waals surface area contributed by atoms with Crippen molar-refractivity contribution in [2.45, 2.75) is 39.0 Å². The Labute approximate surface area is 176 Å². The average Bonchev–Trinajstić information content (AvgIpc) is 3.10. The minimum Gasteiger partial charge on any atom is -0.457 e. The number of rotatable bonds is 4. The van der Waals surface area contributed by atoms with Crippen LogP contribution in [0, 0.1) is 0 Å². The van der Waals surface area contributed by atoms with Crippen LogP contribution in [-0.4, -0.2) is 16.7 Å². The highest BCUT2D eigenvalue weighted by Crippen LogP contribution is 2.31. The van der Waals surface area contributed by atoms with Gasteiger partial charge in [0.2, 0.25) is 0 Å². The van der Waals surface area contributed by atoms with Crippen molar-refractivity contribution in [2.75, 3.05) is 5.32 Å². The number of fused-ring (bicyclic) bond motifs is 1. The number of carbonyl (C=O) groups excluding carboxylic acids is 2. The Morgan fingerprint density at radius 3 is 2.33 bits per heavy atom. The van der Waals surface area contributed by atoms with Crippen LogP contribution in [-0.2, 0) is 23.1 Å². The van der Waals surface area contributed by atoms with E-state index in [4.69, 9.17) is 4.74 Å². The zero-order chi connectivity index (χ0) is 21.3. The number of hydrogen-bond acceptors (Lipinski definition) is 4. The van der Waals surface area contributed by atoms with Crippen molar-refractivity contribution in [3.8, 4) is 11.5 Å². The Balaban J connectivity index is 1.43. The van der Waals surface area contributed by atoms with Gasteiger partial charge in [0.1, 0.15) is 17.3 Å². The minimum absolute atomic E-state index is 0.0487. The van der Waals surface area contributed by atoms with Crippen molar-refractivity contribution < 1.29 is 14.3 Å². The van der Waals surface area contributed by atoms with E-state index in [1.165, 1.54) is 5.56 Å². The molecular formula is C25H24N2O3. The molecule has 1 N–H and O–H groups in total. The Morgan fingerprint density at radius 2 is 1.67 bits per heavy atom. The van der Waals surface area contributed by atoms with Gasteiger partial charge in [-0.25, -0.2) is 0 Å². The molecule has 1 aliphatic rings. The summed E-state index contributed by atoms with van der Waals surface area (Å²) in [5.74, 6) is 1.29. The molecular weight excluding hydrogens is 376 g/mol. The molecule has 4 rings (SSSR count). The Kier molecular flexibility index (Phi) is 5.12. The largest absolute Gasteiger partial charge is 0.457 e. The second-order valence-electron chi connectivity index (χ2n) is 8.53. The van der Waals surface area contributed by atoms with Crippen LogP contribution >= 0.6 is 0 Å². The number of pyridine rings is 1. The molecule has 0 fully saturated rings. The highest BCUT2D eigenvalue weighted by molar-refractivity contribution is 6.04. The normalized spacial score (nSPS) is 13.1. The predicted molar refractivity (Wildman–Crippen MR) is 116 cm³/mol. The highest BCUT2D eigenvalue weighted by atomic mass is 16.5. The van der Waals surface area contributed by atoms with E-state index in [1.807, 2.05) is 24.3 Å². The van der Waals surface area contributed by atoms with Gasteiger partial charge in [0, 0.05) is 35.9 Å². The Bertz CT molecular complexity index is 1090. The maximum absolute atomic E-state index is 12.5. The molecule has 0 saturated heterocycles. The first-order chi connectivity index (χ1) is 14.3. The van der Waals surface area contributed by atoms with Crippen molar-refractivity contribution in [3.63, 3.8) is 0 Å². The first kappa shape index (κ1) is 19.8. The standard InChI is InChI=1S/C25H24N2O3/c1-25(2,3)17-6-4-16(5-7-17)24(29)27-18-8-10-20(11-9-18)30-23-12-13-26-22-15-19(28)14-21(22)23/h4-13H,14-15H2,1-3H3,(H,27,29). The maximum atomic E-state index is 12.5. The van der Waals surface area contributed by atoms with E-state index in [2.05, 4.69) is 31.1 Å². The number of Topliss-reactive ketones (excluding diaryl/α,β-unsaturated/α-hetero) is 1. The topological polar surface area (TPSA) is 68.3 Å². The zero-order valence-electron chi connectivity index (χ0n) is 17.4. The van der Waals surface area contributed by atoms with Crippen LogP contribution in [0.25, 0.3) is 0 Å². The summed E-state index contributed by atoms with van der Waals surface area (Å²) in [6.45, 7) is 6.43. The molecule has 0 atom stereocenters. The molecule has 5 heteroatoms. The third-order valence-corrected chi connectivity index (χ3v) is 5.19. The average molecular weight is 400 g/mol. The van der Waals surface area contributed by atoms with Crippen LogP contribution in [0.1, 0.15) is 48.0 Å². The molecule has 0 aliphatic heterocycles. The smallest absolute Gasteiger partial charge is 0.255 e. The molecule has 0 saturated carbocycles. The second-order valence-corrected chi connectivity index (χ2v) is 8.53. The maximum Gasteiger partial charge on any atom is 0.255 e. The predicted octanol–water partition coefficient (Wildman–Crippen LogP) is 5.09. The van der Waals surface area contributed by atoms with Gasteiger partial charge in [-0.15, -0.1) is 0 Å². The molecule has 152 valence electrons. The number of aromatic nitrogens is 1. The minimum atomic E-state index is -0.158. The number of benzene rings is 2. The number of ether oxygens (including phenoxy) is 1. The SMILES string of the molecule is CC(C)(C)c1ccc(C(=O)Nc2ccc(Oc3ccnc4c3CC(=O)C4)cc2)cc1. The van der Waals surface area contributed by atoms with E-state index in [0.29, 0.717) is 35.6 Å². The van der Waals surface area contributed by atoms with Gasteiger partial charge in [-0.05, 0) is 53.4 Å². The number of hydrogen-bond donors (Lipinski definition) is 1. The molecule has 0 spiro atoms. The van der Waals surface area contributed by atoms with E-state index in [1.54, 1.807) is 36.5 Å². The zero-order valence-corrected chi connectivity index (χ0v) is 17.4. The van der Waals surface area contributed by atoms with Gasteiger partial charge < -0.3 is 10.1 Å². The lowest BCUT2D eigenvalue weighted by molar-refractivity contribution is -0.117. The van der Waals surface area contributed by atoms with E-state index >= 15 is 0 Å². The molecule has 0 bridgehead atoms. The van der Waals surface area contributed by atoms with Gasteiger partial charge in [-0.1, -0.05) is 32.9 Å². The highest BCUT2D eigenvalue weighted by Gasteiger charge is 2.23. The van der Waals surface area contributed by atoms with E-state index in [0.717, 1.165) is 11.3 Å². The first-order valence-corrected chi connectivity index (χ1v) is 9.98. The van der Waals surface area contributed by atoms with Gasteiger partial charge in [-0.2, -0.15) is 0 Å². The number of amides is 1. The lowest BCUT2D eigenvalue weighted by Crippen LogP contribution is -2.14. The van der Waals surface area contributed by atoms with Crippen molar-refractivity contribution >= 4 is 17.4 Å². The molecule has 1 aromatic heterocycles. The van der Waals surface area contributed by atoms with E-state index in [9.17, 15) is 9.59 Å². The van der Waals surface area contributed by atoms with Crippen LogP contribution in [0.3, 0.4) is 0 Å². The van der Waals surface area contributed by atoms with Crippen molar-refractivity contribution in [1.82, 2.24) is 4.98 Å². The van der Waals surface area contributed by atoms with Gasteiger partial charge in [0.05, 0.1) is 5.69 Å². The van der Waals surface area contributed by atoms with Crippen molar-refractivity contribution in [2.24, 2.45) is 0 Å². The summed E-state index contributed by atoms with van der Waals surface area (Å²) < 4.78 is 5.95. The van der Waals surface area contributed by atoms with Gasteiger partial charge in [0.15, 0.2) is 0 Å². The van der Waals surface area contributed by atoms with E-state index < -0.39 is 0 Å². The summed E-state index contributed by atoms with van der Waals surface area (Å²) in [6.07, 6.45) is 2.39. The van der Waals surface area contributed by atoms with Crippen LogP contribution in [0.5, 0.6) is 11.5 Å². The third kappa shape index (κ3) is 4.25. The molecule has 0 unspecified atom stereocenters. The molecule has 3 aromatic rings. The van der Waals surface area contributed by atoms with Crippen LogP contribution in [0.2, 0.25) is 0 Å². The quantitative estimate of drug-likeness (QED) is 0.662. The fourth-order valence-electron chi connectivity index (χ4n) is 3.46. The fraction of sp³-hybridized carbons (Fsp3) is 0.240. The van der Waals surface area contributed by atoms with Crippen LogP contribution in [0.15, 0.2) is 60.8 Å². The number of carbonyl (C=O) groups is 2. The molecule has 0 radical (unpaired) electrons. The molecule has 5 nitrogen and oxygen atoms in total. The third-order valence-electron chi connectivity index (χ3n) is 5.19. The summed E-state index contributed by atoms with van der Waals surface area (Å²) in [4.78, 5) is 28.5. The summed E-state index contributed by atoms with van der Waals surface area (Å²) >= 11 is 0. The van der Waals surface area contributed by atoms with E-state index in [-0.39, 0.29) is 17.1 Å². The summed E-state index contributed by atoms with van der Waals surface area (Å²) in [6, 6.07) is 16.6. The van der Waals surface area contributed by atoms with Crippen molar-refractivity contribution in [3.05, 3.63) is 83.2 Å². The van der Waals surface area contributed by atoms with Gasteiger partial charge >= 0.3 is 0 Å². The number of anilines is 1. The molecule has 1 aliphatic carbocycles. The fourth-order valence-corrected chi connectivity index (χ4v) is 3.46. The second kappa shape index (κ2) is 7.75.